The molecule has 2 fully saturated rings. The molecular weight excluding hydrogens is 348 g/mol. The predicted molar refractivity (Wildman–Crippen MR) is 98.7 cm³/mol. The van der Waals surface area contributed by atoms with Gasteiger partial charge in [0, 0.05) is 31.4 Å². The van der Waals surface area contributed by atoms with E-state index in [1.807, 2.05) is 0 Å². The molecule has 3 amide bonds. The molecule has 0 spiro atoms. The summed E-state index contributed by atoms with van der Waals surface area (Å²) in [6.45, 7) is 1.10. The normalized spacial score (nSPS) is 18.7. The van der Waals surface area contributed by atoms with Crippen LogP contribution in [0.1, 0.15) is 65.8 Å². The molecule has 8 nitrogen and oxygen atoms in total. The van der Waals surface area contributed by atoms with Crippen LogP contribution in [-0.2, 0) is 0 Å². The van der Waals surface area contributed by atoms with Crippen LogP contribution in [0.25, 0.3) is 0 Å². The summed E-state index contributed by atoms with van der Waals surface area (Å²) >= 11 is 0. The van der Waals surface area contributed by atoms with Crippen molar-refractivity contribution in [1.82, 2.24) is 20.5 Å². The Morgan fingerprint density at radius 3 is 2.15 bits per heavy atom. The number of aromatic nitrogens is 1. The van der Waals surface area contributed by atoms with E-state index < -0.39 is 5.97 Å². The van der Waals surface area contributed by atoms with Gasteiger partial charge in [-0.25, -0.2) is 14.6 Å². The molecule has 2 heterocycles. The number of carboxylic acids is 1. The van der Waals surface area contributed by atoms with E-state index in [1.54, 1.807) is 4.90 Å². The Bertz CT molecular complexity index is 677. The number of rotatable bonds is 4. The maximum Gasteiger partial charge on any atom is 0.354 e. The van der Waals surface area contributed by atoms with Crippen molar-refractivity contribution >= 4 is 17.9 Å². The summed E-state index contributed by atoms with van der Waals surface area (Å²) in [4.78, 5) is 41.0. The van der Waals surface area contributed by atoms with Crippen molar-refractivity contribution in [2.45, 2.75) is 57.0 Å². The monoisotopic (exact) mass is 374 g/mol. The lowest BCUT2D eigenvalue weighted by Crippen LogP contribution is -2.51. The molecule has 0 bridgehead atoms. The molecule has 1 aliphatic carbocycles. The van der Waals surface area contributed by atoms with Crippen molar-refractivity contribution in [2.75, 3.05) is 13.1 Å². The first-order valence-corrected chi connectivity index (χ1v) is 9.58. The fraction of sp³-hybridized carbons (Fsp3) is 0.579. The molecule has 146 valence electrons. The SMILES string of the molecule is O=C(NC1CCCCC1)NC1CCN(C(=O)c2ccc(C(=O)O)nc2)CC1. The number of carboxylic acid groups (broad SMARTS) is 1. The number of hydrogen-bond donors (Lipinski definition) is 3. The molecule has 3 rings (SSSR count). The lowest BCUT2D eigenvalue weighted by molar-refractivity contribution is 0.0681. The number of nitrogens with one attached hydrogen (secondary N) is 2. The number of carbonyl (C=O) groups excluding carboxylic acids is 2. The van der Waals surface area contributed by atoms with E-state index in [-0.39, 0.29) is 29.7 Å². The number of aromatic carboxylic acids is 1. The number of hydrogen-bond acceptors (Lipinski definition) is 4. The Kier molecular flexibility index (Phi) is 6.26. The van der Waals surface area contributed by atoms with Crippen molar-refractivity contribution in [3.05, 3.63) is 29.6 Å². The van der Waals surface area contributed by atoms with E-state index in [9.17, 15) is 14.4 Å². The van der Waals surface area contributed by atoms with Gasteiger partial charge in [0.15, 0.2) is 0 Å². The zero-order valence-electron chi connectivity index (χ0n) is 15.3. The highest BCUT2D eigenvalue weighted by Crippen LogP contribution is 2.18. The maximum atomic E-state index is 12.5. The number of amides is 3. The zero-order chi connectivity index (χ0) is 19.2. The third-order valence-electron chi connectivity index (χ3n) is 5.29. The Labute approximate surface area is 158 Å². The molecule has 3 N–H and O–H groups in total. The summed E-state index contributed by atoms with van der Waals surface area (Å²) in [5, 5.41) is 14.9. The van der Waals surface area contributed by atoms with Crippen molar-refractivity contribution in [3.8, 4) is 0 Å². The largest absolute Gasteiger partial charge is 0.477 e. The van der Waals surface area contributed by atoms with Gasteiger partial charge in [0.1, 0.15) is 5.69 Å². The molecule has 27 heavy (non-hydrogen) atoms. The van der Waals surface area contributed by atoms with Gasteiger partial charge in [-0.2, -0.15) is 0 Å². The first-order chi connectivity index (χ1) is 13.0. The Morgan fingerprint density at radius 1 is 0.963 bits per heavy atom. The fourth-order valence-electron chi connectivity index (χ4n) is 3.72. The van der Waals surface area contributed by atoms with Crippen molar-refractivity contribution in [2.24, 2.45) is 0 Å². The van der Waals surface area contributed by atoms with E-state index in [4.69, 9.17) is 5.11 Å². The summed E-state index contributed by atoms with van der Waals surface area (Å²) in [5.74, 6) is -1.28. The van der Waals surface area contributed by atoms with Gasteiger partial charge in [-0.05, 0) is 37.8 Å². The quantitative estimate of drug-likeness (QED) is 0.746. The Balaban J connectivity index is 1.44. The second kappa shape index (κ2) is 8.83. The van der Waals surface area contributed by atoms with Crippen molar-refractivity contribution < 1.29 is 19.5 Å². The Morgan fingerprint density at radius 2 is 1.59 bits per heavy atom. The summed E-state index contributed by atoms with van der Waals surface area (Å²) in [6.07, 6.45) is 8.40. The van der Waals surface area contributed by atoms with Crippen molar-refractivity contribution in [3.63, 3.8) is 0 Å². The lowest BCUT2D eigenvalue weighted by Gasteiger charge is -2.33. The van der Waals surface area contributed by atoms with Crippen LogP contribution in [-0.4, -0.2) is 58.1 Å². The highest BCUT2D eigenvalue weighted by atomic mass is 16.4. The molecular formula is C19H26N4O4. The summed E-state index contributed by atoms with van der Waals surface area (Å²) < 4.78 is 0. The molecule has 1 aromatic rings. The standard InChI is InChI=1S/C19H26N4O4/c24-17(13-6-7-16(18(25)26)20-12-13)23-10-8-15(9-11-23)22-19(27)21-14-4-2-1-3-5-14/h6-7,12,14-15H,1-5,8-11H2,(H,25,26)(H2,21,22,27). The van der Waals surface area contributed by atoms with Gasteiger partial charge in [-0.1, -0.05) is 19.3 Å². The second-order valence-electron chi connectivity index (χ2n) is 7.26. The average molecular weight is 374 g/mol. The second-order valence-corrected chi connectivity index (χ2v) is 7.26. The summed E-state index contributed by atoms with van der Waals surface area (Å²) in [6, 6.07) is 3.05. The number of carbonyl (C=O) groups is 3. The molecule has 2 aliphatic rings. The van der Waals surface area contributed by atoms with Crippen LogP contribution >= 0.6 is 0 Å². The minimum atomic E-state index is -1.12. The molecule has 0 aromatic carbocycles. The molecule has 1 aromatic heterocycles. The van der Waals surface area contributed by atoms with Crippen LogP contribution in [0, 0.1) is 0 Å². The molecule has 0 radical (unpaired) electrons. The molecule has 0 unspecified atom stereocenters. The van der Waals surface area contributed by atoms with E-state index in [0.717, 1.165) is 12.8 Å². The number of urea groups is 1. The molecule has 1 saturated carbocycles. The summed E-state index contributed by atoms with van der Waals surface area (Å²) in [5.41, 5.74) is 0.292. The van der Waals surface area contributed by atoms with Crippen LogP contribution in [0.5, 0.6) is 0 Å². The van der Waals surface area contributed by atoms with Crippen LogP contribution < -0.4 is 10.6 Å². The van der Waals surface area contributed by atoms with E-state index in [1.165, 1.54) is 37.6 Å². The highest BCUT2D eigenvalue weighted by Gasteiger charge is 2.25. The lowest BCUT2D eigenvalue weighted by atomic mass is 9.96. The van der Waals surface area contributed by atoms with Crippen LogP contribution in [0.15, 0.2) is 18.3 Å². The van der Waals surface area contributed by atoms with Gasteiger partial charge >= 0.3 is 12.0 Å². The van der Waals surface area contributed by atoms with E-state index in [0.29, 0.717) is 31.5 Å². The third-order valence-corrected chi connectivity index (χ3v) is 5.29. The van der Waals surface area contributed by atoms with Gasteiger partial charge in [-0.3, -0.25) is 4.79 Å². The minimum Gasteiger partial charge on any atom is -0.477 e. The van der Waals surface area contributed by atoms with E-state index in [2.05, 4.69) is 15.6 Å². The predicted octanol–water partition coefficient (Wildman–Crippen LogP) is 2.02. The molecule has 1 saturated heterocycles. The van der Waals surface area contributed by atoms with Crippen LogP contribution in [0.4, 0.5) is 4.79 Å². The molecule has 0 atom stereocenters. The van der Waals surface area contributed by atoms with Crippen LogP contribution in [0.3, 0.4) is 0 Å². The maximum absolute atomic E-state index is 12.5. The fourth-order valence-corrected chi connectivity index (χ4v) is 3.72. The van der Waals surface area contributed by atoms with Gasteiger partial charge in [0.2, 0.25) is 0 Å². The average Bonchev–Trinajstić information content (AvgIpc) is 2.69. The number of piperidine rings is 1. The highest BCUT2D eigenvalue weighted by molar-refractivity contribution is 5.95. The Hall–Kier alpha value is -2.64. The number of likely N-dealkylation sites (tertiary alicyclic amines) is 1. The number of pyridine rings is 1. The first kappa shape index (κ1) is 19.1. The minimum absolute atomic E-state index is 0.0603. The third kappa shape index (κ3) is 5.18. The van der Waals surface area contributed by atoms with E-state index >= 15 is 0 Å². The molecule has 1 aliphatic heterocycles. The zero-order valence-corrected chi connectivity index (χ0v) is 15.3. The van der Waals surface area contributed by atoms with Crippen LogP contribution in [0.2, 0.25) is 0 Å². The van der Waals surface area contributed by atoms with Gasteiger partial charge in [0.25, 0.3) is 5.91 Å². The summed E-state index contributed by atoms with van der Waals surface area (Å²) in [7, 11) is 0. The smallest absolute Gasteiger partial charge is 0.354 e. The van der Waals surface area contributed by atoms with Crippen molar-refractivity contribution in [1.29, 1.82) is 0 Å². The van der Waals surface area contributed by atoms with Gasteiger partial charge < -0.3 is 20.6 Å². The first-order valence-electron chi connectivity index (χ1n) is 9.58. The van der Waals surface area contributed by atoms with Gasteiger partial charge in [-0.15, -0.1) is 0 Å². The molecule has 8 heteroatoms. The van der Waals surface area contributed by atoms with Gasteiger partial charge in [0.05, 0.1) is 5.56 Å². The topological polar surface area (TPSA) is 112 Å². The number of nitrogens with zero attached hydrogens (tertiary/aromatic N) is 2.